The van der Waals surface area contributed by atoms with E-state index in [1.807, 2.05) is 25.1 Å². The molecule has 74 valence electrons. The highest BCUT2D eigenvalue weighted by Gasteiger charge is 2.11. The van der Waals surface area contributed by atoms with E-state index in [0.717, 1.165) is 16.5 Å². The lowest BCUT2D eigenvalue weighted by Gasteiger charge is -1.93. The number of sulfone groups is 1. The van der Waals surface area contributed by atoms with Gasteiger partial charge in [-0.15, -0.1) is 0 Å². The number of hydrogen-bond acceptors (Lipinski definition) is 2. The van der Waals surface area contributed by atoms with Crippen LogP contribution < -0.4 is 0 Å². The number of para-hydroxylation sites is 1. The normalized spacial score (nSPS) is 12.1. The highest BCUT2D eigenvalue weighted by Crippen LogP contribution is 2.21. The van der Waals surface area contributed by atoms with E-state index in [-0.39, 0.29) is 5.03 Å². The second-order valence-corrected chi connectivity index (χ2v) is 5.43. The van der Waals surface area contributed by atoms with Crippen molar-refractivity contribution in [1.29, 1.82) is 0 Å². The topological polar surface area (TPSA) is 49.9 Å². The summed E-state index contributed by atoms with van der Waals surface area (Å²) in [6.45, 7) is 1.95. The first-order valence-corrected chi connectivity index (χ1v) is 6.16. The summed E-state index contributed by atoms with van der Waals surface area (Å²) in [5.74, 6) is 0. The van der Waals surface area contributed by atoms with Crippen molar-refractivity contribution >= 4 is 20.7 Å². The summed E-state index contributed by atoms with van der Waals surface area (Å²) in [6.07, 6.45) is 1.20. The minimum atomic E-state index is -3.14. The van der Waals surface area contributed by atoms with Crippen LogP contribution in [0.1, 0.15) is 5.56 Å². The van der Waals surface area contributed by atoms with Crippen molar-refractivity contribution in [2.45, 2.75) is 11.9 Å². The molecule has 0 unspecified atom stereocenters. The minimum Gasteiger partial charge on any atom is -0.345 e. The number of hydrogen-bond donors (Lipinski definition) is 1. The number of fused-ring (bicyclic) bond motifs is 1. The zero-order chi connectivity index (χ0) is 10.3. The van der Waals surface area contributed by atoms with Gasteiger partial charge in [0.2, 0.25) is 0 Å². The molecule has 0 atom stereocenters. The van der Waals surface area contributed by atoms with Crippen LogP contribution in [0.2, 0.25) is 0 Å². The number of aromatic amines is 1. The second kappa shape index (κ2) is 2.85. The molecule has 0 fully saturated rings. The van der Waals surface area contributed by atoms with Crippen molar-refractivity contribution in [2.24, 2.45) is 0 Å². The number of nitrogens with one attached hydrogen (secondary N) is 1. The fraction of sp³-hybridized carbons (Fsp3) is 0.200. The third-order valence-electron chi connectivity index (χ3n) is 2.24. The molecular weight excluding hydrogens is 198 g/mol. The van der Waals surface area contributed by atoms with Crippen LogP contribution in [0.25, 0.3) is 10.9 Å². The number of rotatable bonds is 1. The lowest BCUT2D eigenvalue weighted by molar-refractivity contribution is 0.599. The fourth-order valence-corrected chi connectivity index (χ4v) is 2.11. The van der Waals surface area contributed by atoms with E-state index in [9.17, 15) is 8.42 Å². The zero-order valence-electron chi connectivity index (χ0n) is 8.03. The quantitative estimate of drug-likeness (QED) is 0.779. The van der Waals surface area contributed by atoms with Gasteiger partial charge in [0.05, 0.1) is 0 Å². The number of H-pyrrole nitrogens is 1. The molecule has 0 aliphatic heterocycles. The van der Waals surface area contributed by atoms with E-state index in [1.165, 1.54) is 6.26 Å². The van der Waals surface area contributed by atoms with Crippen LogP contribution in [0.3, 0.4) is 0 Å². The molecule has 0 saturated heterocycles. The Labute approximate surface area is 82.7 Å². The molecule has 0 bridgehead atoms. The number of aryl methyl sites for hydroxylation is 1. The Morgan fingerprint density at radius 3 is 2.57 bits per heavy atom. The summed E-state index contributed by atoms with van der Waals surface area (Å²) in [7, 11) is -3.14. The Bertz CT molecular complexity index is 581. The maximum absolute atomic E-state index is 11.3. The Kier molecular flexibility index (Phi) is 1.89. The smallest absolute Gasteiger partial charge is 0.190 e. The van der Waals surface area contributed by atoms with Crippen LogP contribution in [-0.2, 0) is 9.84 Å². The summed E-state index contributed by atoms with van der Waals surface area (Å²) in [5.41, 5.74) is 1.95. The van der Waals surface area contributed by atoms with Gasteiger partial charge >= 0.3 is 0 Å². The standard InChI is InChI=1S/C10H11NO2S/c1-7-4-3-5-8-6-9(11-10(7)8)14(2,12)13/h3-6,11H,1-2H3. The van der Waals surface area contributed by atoms with Crippen molar-refractivity contribution in [3.63, 3.8) is 0 Å². The summed E-state index contributed by atoms with van der Waals surface area (Å²) >= 11 is 0. The van der Waals surface area contributed by atoms with Gasteiger partial charge in [-0.3, -0.25) is 0 Å². The molecule has 1 heterocycles. The molecule has 4 heteroatoms. The van der Waals surface area contributed by atoms with Gasteiger partial charge in [-0.2, -0.15) is 0 Å². The van der Waals surface area contributed by atoms with Gasteiger partial charge in [-0.1, -0.05) is 18.2 Å². The van der Waals surface area contributed by atoms with Gasteiger partial charge in [0, 0.05) is 17.2 Å². The van der Waals surface area contributed by atoms with Crippen molar-refractivity contribution in [3.05, 3.63) is 29.8 Å². The average Bonchev–Trinajstić information content (AvgIpc) is 2.48. The summed E-state index contributed by atoms with van der Waals surface area (Å²) in [4.78, 5) is 2.92. The molecule has 0 aliphatic carbocycles. The van der Waals surface area contributed by atoms with Crippen LogP contribution >= 0.6 is 0 Å². The Morgan fingerprint density at radius 1 is 1.29 bits per heavy atom. The monoisotopic (exact) mass is 209 g/mol. The summed E-state index contributed by atoms with van der Waals surface area (Å²) in [6, 6.07) is 7.42. The van der Waals surface area contributed by atoms with Gasteiger partial charge in [0.25, 0.3) is 0 Å². The van der Waals surface area contributed by atoms with Crippen LogP contribution in [0.4, 0.5) is 0 Å². The summed E-state index contributed by atoms with van der Waals surface area (Å²) < 4.78 is 22.6. The number of aromatic nitrogens is 1. The van der Waals surface area contributed by atoms with E-state index < -0.39 is 9.84 Å². The van der Waals surface area contributed by atoms with Gasteiger partial charge in [0.15, 0.2) is 9.84 Å². The summed E-state index contributed by atoms with van der Waals surface area (Å²) in [5, 5.41) is 1.22. The largest absolute Gasteiger partial charge is 0.345 e. The molecule has 2 aromatic rings. The third kappa shape index (κ3) is 1.42. The Morgan fingerprint density at radius 2 is 2.00 bits per heavy atom. The van der Waals surface area contributed by atoms with Crippen molar-refractivity contribution in [1.82, 2.24) is 4.98 Å². The van der Waals surface area contributed by atoms with Crippen LogP contribution in [0, 0.1) is 6.92 Å². The van der Waals surface area contributed by atoms with Crippen molar-refractivity contribution in [3.8, 4) is 0 Å². The number of benzene rings is 1. The van der Waals surface area contributed by atoms with Gasteiger partial charge in [-0.05, 0) is 18.6 Å². The molecule has 0 aliphatic rings. The van der Waals surface area contributed by atoms with Crippen LogP contribution in [-0.4, -0.2) is 19.7 Å². The maximum atomic E-state index is 11.3. The lowest BCUT2D eigenvalue weighted by Crippen LogP contribution is -1.96. The van der Waals surface area contributed by atoms with E-state index in [4.69, 9.17) is 0 Å². The van der Waals surface area contributed by atoms with Crippen LogP contribution in [0.15, 0.2) is 29.3 Å². The molecule has 2 rings (SSSR count). The molecule has 0 saturated carbocycles. The fourth-order valence-electron chi connectivity index (χ4n) is 1.48. The minimum absolute atomic E-state index is 0.279. The van der Waals surface area contributed by atoms with E-state index in [0.29, 0.717) is 0 Å². The zero-order valence-corrected chi connectivity index (χ0v) is 8.85. The lowest BCUT2D eigenvalue weighted by atomic mass is 10.2. The molecule has 1 N–H and O–H groups in total. The predicted octanol–water partition coefficient (Wildman–Crippen LogP) is 1.88. The highest BCUT2D eigenvalue weighted by atomic mass is 32.2. The third-order valence-corrected chi connectivity index (χ3v) is 3.26. The molecule has 0 radical (unpaired) electrons. The Hall–Kier alpha value is -1.29. The van der Waals surface area contributed by atoms with Crippen molar-refractivity contribution in [2.75, 3.05) is 6.26 Å². The maximum Gasteiger partial charge on any atom is 0.190 e. The second-order valence-electron chi connectivity index (χ2n) is 3.44. The average molecular weight is 209 g/mol. The van der Waals surface area contributed by atoms with Crippen molar-refractivity contribution < 1.29 is 8.42 Å². The predicted molar refractivity (Wildman–Crippen MR) is 56.1 cm³/mol. The van der Waals surface area contributed by atoms with Crippen LogP contribution in [0.5, 0.6) is 0 Å². The molecule has 14 heavy (non-hydrogen) atoms. The van der Waals surface area contributed by atoms with E-state index >= 15 is 0 Å². The molecule has 0 spiro atoms. The molecule has 1 aromatic heterocycles. The SMILES string of the molecule is Cc1cccc2cc(S(C)(=O)=O)[nH]c12. The molecular formula is C10H11NO2S. The van der Waals surface area contributed by atoms with E-state index in [1.54, 1.807) is 6.07 Å². The Balaban J connectivity index is 2.81. The first-order valence-electron chi connectivity index (χ1n) is 4.27. The molecule has 0 amide bonds. The van der Waals surface area contributed by atoms with Gasteiger partial charge in [-0.25, -0.2) is 8.42 Å². The molecule has 3 nitrogen and oxygen atoms in total. The highest BCUT2D eigenvalue weighted by molar-refractivity contribution is 7.90. The first-order chi connectivity index (χ1) is 6.48. The molecule has 1 aromatic carbocycles. The first kappa shape index (κ1) is 9.27. The van der Waals surface area contributed by atoms with Gasteiger partial charge < -0.3 is 4.98 Å². The van der Waals surface area contributed by atoms with E-state index in [2.05, 4.69) is 4.98 Å². The van der Waals surface area contributed by atoms with Gasteiger partial charge in [0.1, 0.15) is 5.03 Å².